The maximum Gasteiger partial charge on any atom is 0.262 e. The Bertz CT molecular complexity index is 993. The molecule has 1 amide bonds. The standard InChI is InChI=1S/C18H19ClN2O5S/c1-11(12-6-4-5-7-15(12)25-3)21(2)27(23,24)17-9-16-14(8-13(17)19)20-18(22)10-26-16/h4-9,11H,10H2,1-3H3,(H,20,22). The van der Waals surface area contributed by atoms with Gasteiger partial charge in [-0.15, -0.1) is 0 Å². The van der Waals surface area contributed by atoms with Crippen molar-refractivity contribution in [3.05, 3.63) is 47.0 Å². The molecule has 1 atom stereocenters. The molecule has 27 heavy (non-hydrogen) atoms. The number of ether oxygens (including phenoxy) is 2. The van der Waals surface area contributed by atoms with Gasteiger partial charge in [-0.3, -0.25) is 4.79 Å². The van der Waals surface area contributed by atoms with Gasteiger partial charge < -0.3 is 14.8 Å². The number of carbonyl (C=O) groups excluding carboxylic acids is 1. The van der Waals surface area contributed by atoms with Crippen molar-refractivity contribution in [3.63, 3.8) is 0 Å². The zero-order chi connectivity index (χ0) is 19.8. The Hall–Kier alpha value is -2.29. The van der Waals surface area contributed by atoms with Gasteiger partial charge in [-0.2, -0.15) is 4.31 Å². The monoisotopic (exact) mass is 410 g/mol. The first-order valence-corrected chi connectivity index (χ1v) is 9.94. The normalized spacial score (nSPS) is 14.9. The second-order valence-electron chi connectivity index (χ2n) is 6.05. The van der Waals surface area contributed by atoms with Gasteiger partial charge in [0.1, 0.15) is 16.4 Å². The number of rotatable bonds is 5. The quantitative estimate of drug-likeness (QED) is 0.818. The molecule has 9 heteroatoms. The summed E-state index contributed by atoms with van der Waals surface area (Å²) in [6.45, 7) is 1.58. The van der Waals surface area contributed by atoms with E-state index >= 15 is 0 Å². The third-order valence-corrected chi connectivity index (χ3v) is 6.85. The fraction of sp³-hybridized carbons (Fsp3) is 0.278. The number of para-hydroxylation sites is 1. The molecular weight excluding hydrogens is 392 g/mol. The zero-order valence-corrected chi connectivity index (χ0v) is 16.6. The number of anilines is 1. The predicted molar refractivity (Wildman–Crippen MR) is 102 cm³/mol. The lowest BCUT2D eigenvalue weighted by molar-refractivity contribution is -0.118. The zero-order valence-electron chi connectivity index (χ0n) is 15.0. The molecule has 2 aromatic carbocycles. The highest BCUT2D eigenvalue weighted by Crippen LogP contribution is 2.38. The Morgan fingerprint density at radius 1 is 1.30 bits per heavy atom. The molecule has 0 spiro atoms. The SMILES string of the molecule is COc1ccccc1C(C)N(C)S(=O)(=O)c1cc2c(cc1Cl)NC(=O)CO2. The summed E-state index contributed by atoms with van der Waals surface area (Å²) in [6.07, 6.45) is 0. The number of nitrogens with zero attached hydrogens (tertiary/aromatic N) is 1. The van der Waals surface area contributed by atoms with E-state index in [4.69, 9.17) is 21.1 Å². The highest BCUT2D eigenvalue weighted by atomic mass is 35.5. The van der Waals surface area contributed by atoms with Gasteiger partial charge >= 0.3 is 0 Å². The van der Waals surface area contributed by atoms with E-state index in [1.807, 2.05) is 18.2 Å². The van der Waals surface area contributed by atoms with Gasteiger partial charge in [0.25, 0.3) is 5.91 Å². The lowest BCUT2D eigenvalue weighted by atomic mass is 10.1. The van der Waals surface area contributed by atoms with Crippen molar-refractivity contribution in [2.75, 3.05) is 26.1 Å². The molecule has 0 saturated carbocycles. The van der Waals surface area contributed by atoms with E-state index in [1.54, 1.807) is 13.0 Å². The van der Waals surface area contributed by atoms with Gasteiger partial charge in [-0.1, -0.05) is 29.8 Å². The first-order valence-electron chi connectivity index (χ1n) is 8.13. The van der Waals surface area contributed by atoms with Crippen LogP contribution in [0.4, 0.5) is 5.69 Å². The summed E-state index contributed by atoms with van der Waals surface area (Å²) in [6, 6.07) is 9.42. The Balaban J connectivity index is 2.00. The van der Waals surface area contributed by atoms with Crippen molar-refractivity contribution in [2.24, 2.45) is 0 Å². The van der Waals surface area contributed by atoms with E-state index in [0.717, 1.165) is 5.56 Å². The van der Waals surface area contributed by atoms with Crippen LogP contribution in [0.2, 0.25) is 5.02 Å². The maximum atomic E-state index is 13.2. The summed E-state index contributed by atoms with van der Waals surface area (Å²) >= 11 is 6.21. The Labute approximate surface area is 162 Å². The van der Waals surface area contributed by atoms with Crippen LogP contribution in [0.25, 0.3) is 0 Å². The molecule has 0 fully saturated rings. The topological polar surface area (TPSA) is 84.9 Å². The van der Waals surface area contributed by atoms with Crippen molar-refractivity contribution in [2.45, 2.75) is 17.9 Å². The minimum Gasteiger partial charge on any atom is -0.496 e. The molecule has 3 rings (SSSR count). The van der Waals surface area contributed by atoms with E-state index in [1.165, 1.54) is 30.6 Å². The molecule has 0 bridgehead atoms. The minimum atomic E-state index is -3.94. The molecule has 0 aliphatic carbocycles. The molecule has 0 radical (unpaired) electrons. The third kappa shape index (κ3) is 3.60. The molecule has 0 saturated heterocycles. The van der Waals surface area contributed by atoms with Crippen molar-refractivity contribution in [1.82, 2.24) is 4.31 Å². The first-order chi connectivity index (χ1) is 12.8. The molecule has 1 heterocycles. The smallest absolute Gasteiger partial charge is 0.262 e. The maximum absolute atomic E-state index is 13.2. The third-order valence-electron chi connectivity index (χ3n) is 4.46. The van der Waals surface area contributed by atoms with Crippen molar-refractivity contribution < 1.29 is 22.7 Å². The van der Waals surface area contributed by atoms with E-state index in [0.29, 0.717) is 11.4 Å². The molecule has 0 aromatic heterocycles. The van der Waals surface area contributed by atoms with E-state index in [2.05, 4.69) is 5.32 Å². The highest BCUT2D eigenvalue weighted by Gasteiger charge is 2.31. The fourth-order valence-corrected chi connectivity index (χ4v) is 4.71. The molecule has 1 N–H and O–H groups in total. The summed E-state index contributed by atoms with van der Waals surface area (Å²) in [4.78, 5) is 11.3. The fourth-order valence-electron chi connectivity index (χ4n) is 2.85. The van der Waals surface area contributed by atoms with E-state index in [9.17, 15) is 13.2 Å². The number of benzene rings is 2. The lowest BCUT2D eigenvalue weighted by Crippen LogP contribution is -2.31. The van der Waals surface area contributed by atoms with E-state index < -0.39 is 16.1 Å². The summed E-state index contributed by atoms with van der Waals surface area (Å²) in [5.41, 5.74) is 1.07. The van der Waals surface area contributed by atoms with Crippen molar-refractivity contribution in [1.29, 1.82) is 0 Å². The number of carbonyl (C=O) groups is 1. The number of hydrogen-bond donors (Lipinski definition) is 1. The van der Waals surface area contributed by atoms with Crippen molar-refractivity contribution >= 4 is 33.2 Å². The molecule has 1 unspecified atom stereocenters. The number of sulfonamides is 1. The van der Waals surface area contributed by atoms with Gasteiger partial charge in [-0.25, -0.2) is 8.42 Å². The van der Waals surface area contributed by atoms with Gasteiger partial charge in [0.2, 0.25) is 10.0 Å². The van der Waals surface area contributed by atoms with Crippen LogP contribution in [0.3, 0.4) is 0 Å². The predicted octanol–water partition coefficient (Wildman–Crippen LogP) is 3.06. The summed E-state index contributed by atoms with van der Waals surface area (Å²) in [7, 11) is -0.925. The molecule has 2 aromatic rings. The van der Waals surface area contributed by atoms with Crippen LogP contribution in [0.1, 0.15) is 18.5 Å². The Kier molecular flexibility index (Phi) is 5.32. The minimum absolute atomic E-state index is 0.00127. The molecule has 7 nitrogen and oxygen atoms in total. The second-order valence-corrected chi connectivity index (χ2v) is 8.43. The van der Waals surface area contributed by atoms with Crippen LogP contribution in [0.5, 0.6) is 11.5 Å². The van der Waals surface area contributed by atoms with Gasteiger partial charge in [-0.05, 0) is 19.1 Å². The van der Waals surface area contributed by atoms with Gasteiger partial charge in [0.05, 0.1) is 23.9 Å². The number of halogens is 1. The highest BCUT2D eigenvalue weighted by molar-refractivity contribution is 7.89. The Morgan fingerprint density at radius 3 is 2.70 bits per heavy atom. The second kappa shape index (κ2) is 7.38. The van der Waals surface area contributed by atoms with Crippen LogP contribution in [0, 0.1) is 0 Å². The van der Waals surface area contributed by atoms with Crippen molar-refractivity contribution in [3.8, 4) is 11.5 Å². The molecule has 1 aliphatic heterocycles. The number of hydrogen-bond acceptors (Lipinski definition) is 5. The average Bonchev–Trinajstić information content (AvgIpc) is 2.65. The number of nitrogens with one attached hydrogen (secondary N) is 1. The number of methoxy groups -OCH3 is 1. The van der Waals surface area contributed by atoms with E-state index in [-0.39, 0.29) is 28.2 Å². The van der Waals surface area contributed by atoms with Crippen LogP contribution >= 0.6 is 11.6 Å². The number of fused-ring (bicyclic) bond motifs is 1. The summed E-state index contributed by atoms with van der Waals surface area (Å²) in [5, 5.41) is 2.60. The number of amides is 1. The summed E-state index contributed by atoms with van der Waals surface area (Å²) < 4.78 is 38.2. The molecular formula is C18H19ClN2O5S. The van der Waals surface area contributed by atoms with Crippen LogP contribution in [-0.4, -0.2) is 39.4 Å². The van der Waals surface area contributed by atoms with Gasteiger partial charge in [0.15, 0.2) is 6.61 Å². The Morgan fingerprint density at radius 2 is 2.00 bits per heavy atom. The molecule has 1 aliphatic rings. The first kappa shape index (κ1) is 19.5. The van der Waals surface area contributed by atoms with Crippen LogP contribution < -0.4 is 14.8 Å². The molecule has 144 valence electrons. The van der Waals surface area contributed by atoms with Crippen LogP contribution in [0.15, 0.2) is 41.3 Å². The average molecular weight is 411 g/mol. The largest absolute Gasteiger partial charge is 0.496 e. The summed E-state index contributed by atoms with van der Waals surface area (Å²) in [5.74, 6) is 0.529. The lowest BCUT2D eigenvalue weighted by Gasteiger charge is -2.27. The van der Waals surface area contributed by atoms with Crippen LogP contribution in [-0.2, 0) is 14.8 Å². The van der Waals surface area contributed by atoms with Gasteiger partial charge in [0, 0.05) is 18.7 Å².